The van der Waals surface area contributed by atoms with Crippen LogP contribution in [0.15, 0.2) is 9.85 Å². The van der Waals surface area contributed by atoms with E-state index in [0.29, 0.717) is 0 Å². The Kier molecular flexibility index (Phi) is 7.71. The van der Waals surface area contributed by atoms with Gasteiger partial charge in [-0.1, -0.05) is 31.4 Å². The van der Waals surface area contributed by atoms with Crippen LogP contribution in [0, 0.1) is 0 Å². The van der Waals surface area contributed by atoms with E-state index in [1.165, 1.54) is 30.6 Å². The molecule has 0 fully saturated rings. The molecule has 1 heterocycles. The van der Waals surface area contributed by atoms with E-state index < -0.39 is 0 Å². The second-order valence-corrected chi connectivity index (χ2v) is 6.71. The van der Waals surface area contributed by atoms with Gasteiger partial charge in [-0.25, -0.2) is 0 Å². The molecule has 1 rings (SSSR count). The normalized spacial score (nSPS) is 10.9. The highest BCUT2D eigenvalue weighted by atomic mass is 79.9. The molecule has 0 aliphatic heterocycles. The number of aryl methyl sites for hydroxylation is 1. The summed E-state index contributed by atoms with van der Waals surface area (Å²) in [5.41, 5.74) is 0. The van der Waals surface area contributed by atoms with Crippen molar-refractivity contribution < 1.29 is 0 Å². The van der Waals surface area contributed by atoms with Crippen molar-refractivity contribution >= 4 is 38.9 Å². The average Bonchev–Trinajstić information content (AvgIpc) is 2.57. The number of hydrogen-bond acceptors (Lipinski definition) is 2. The Hall–Kier alpha value is 0.430. The standard InChI is InChI=1S/C12H19BrClNS/c1-2-15-8-6-4-3-5-7-10-9-11(14)12(13)16-10/h9,15H,2-8H2,1H3. The highest BCUT2D eigenvalue weighted by Gasteiger charge is 2.03. The van der Waals surface area contributed by atoms with Gasteiger partial charge in [0.15, 0.2) is 0 Å². The molecule has 16 heavy (non-hydrogen) atoms. The van der Waals surface area contributed by atoms with Crippen molar-refractivity contribution in [2.75, 3.05) is 13.1 Å². The van der Waals surface area contributed by atoms with Crippen molar-refractivity contribution in [2.45, 2.75) is 39.0 Å². The highest BCUT2D eigenvalue weighted by molar-refractivity contribution is 9.11. The van der Waals surface area contributed by atoms with E-state index in [1.54, 1.807) is 11.3 Å². The fraction of sp³-hybridized carbons (Fsp3) is 0.667. The molecule has 1 aromatic heterocycles. The van der Waals surface area contributed by atoms with Gasteiger partial charge >= 0.3 is 0 Å². The van der Waals surface area contributed by atoms with E-state index >= 15 is 0 Å². The fourth-order valence-corrected chi connectivity index (χ4v) is 3.45. The lowest BCUT2D eigenvalue weighted by Crippen LogP contribution is -2.13. The van der Waals surface area contributed by atoms with Crippen molar-refractivity contribution in [1.82, 2.24) is 5.32 Å². The van der Waals surface area contributed by atoms with Gasteiger partial charge in [-0.05, 0) is 54.3 Å². The predicted octanol–water partition coefficient (Wildman–Crippen LogP) is 4.88. The SMILES string of the molecule is CCNCCCCCCc1cc(Cl)c(Br)s1. The van der Waals surface area contributed by atoms with Gasteiger partial charge in [0, 0.05) is 4.88 Å². The van der Waals surface area contributed by atoms with Crippen LogP contribution in [0.2, 0.25) is 5.02 Å². The molecule has 0 bridgehead atoms. The second kappa shape index (κ2) is 8.51. The topological polar surface area (TPSA) is 12.0 Å². The zero-order valence-electron chi connectivity index (χ0n) is 9.69. The minimum absolute atomic E-state index is 0.854. The lowest BCUT2D eigenvalue weighted by molar-refractivity contribution is 0.599. The summed E-state index contributed by atoms with van der Waals surface area (Å²) in [7, 11) is 0. The van der Waals surface area contributed by atoms with Crippen LogP contribution in [-0.4, -0.2) is 13.1 Å². The van der Waals surface area contributed by atoms with Crippen LogP contribution in [0.5, 0.6) is 0 Å². The number of unbranched alkanes of at least 4 members (excludes halogenated alkanes) is 3. The Bertz CT molecular complexity index is 282. The third-order valence-corrected chi connectivity index (χ3v) is 5.01. The summed E-state index contributed by atoms with van der Waals surface area (Å²) in [6.07, 6.45) is 6.38. The van der Waals surface area contributed by atoms with Crippen molar-refractivity contribution in [2.24, 2.45) is 0 Å². The Balaban J connectivity index is 2.03. The maximum absolute atomic E-state index is 5.98. The minimum atomic E-state index is 0.854. The zero-order chi connectivity index (χ0) is 11.8. The maximum atomic E-state index is 5.98. The number of thiophene rings is 1. The van der Waals surface area contributed by atoms with Gasteiger partial charge in [-0.15, -0.1) is 11.3 Å². The summed E-state index contributed by atoms with van der Waals surface area (Å²) in [6.45, 7) is 4.40. The monoisotopic (exact) mass is 323 g/mol. The molecule has 0 unspecified atom stereocenters. The molecule has 1 nitrogen and oxygen atoms in total. The Morgan fingerprint density at radius 3 is 2.69 bits per heavy atom. The van der Waals surface area contributed by atoms with Crippen LogP contribution in [-0.2, 0) is 6.42 Å². The summed E-state index contributed by atoms with van der Waals surface area (Å²) in [6, 6.07) is 2.08. The molecule has 0 saturated heterocycles. The molecule has 0 radical (unpaired) electrons. The first kappa shape index (κ1) is 14.5. The highest BCUT2D eigenvalue weighted by Crippen LogP contribution is 2.32. The van der Waals surface area contributed by atoms with Crippen LogP contribution in [0.1, 0.15) is 37.5 Å². The van der Waals surface area contributed by atoms with E-state index in [2.05, 4.69) is 34.2 Å². The molecule has 0 aromatic carbocycles. The lowest BCUT2D eigenvalue weighted by atomic mass is 10.1. The quantitative estimate of drug-likeness (QED) is 0.672. The second-order valence-electron chi connectivity index (χ2n) is 3.85. The van der Waals surface area contributed by atoms with E-state index in [1.807, 2.05) is 0 Å². The Morgan fingerprint density at radius 1 is 1.31 bits per heavy atom. The average molecular weight is 325 g/mol. The first-order valence-corrected chi connectivity index (χ1v) is 7.87. The first-order valence-electron chi connectivity index (χ1n) is 5.88. The van der Waals surface area contributed by atoms with Gasteiger partial charge in [0.25, 0.3) is 0 Å². The number of rotatable bonds is 8. The van der Waals surface area contributed by atoms with Gasteiger partial charge in [-0.3, -0.25) is 0 Å². The summed E-state index contributed by atoms with van der Waals surface area (Å²) in [5.74, 6) is 0. The maximum Gasteiger partial charge on any atom is 0.0887 e. The predicted molar refractivity (Wildman–Crippen MR) is 77.7 cm³/mol. The van der Waals surface area contributed by atoms with Gasteiger partial charge < -0.3 is 5.32 Å². The molecule has 92 valence electrons. The molecule has 0 saturated carbocycles. The van der Waals surface area contributed by atoms with E-state index in [4.69, 9.17) is 11.6 Å². The summed E-state index contributed by atoms with van der Waals surface area (Å²) in [4.78, 5) is 1.39. The Morgan fingerprint density at radius 2 is 2.06 bits per heavy atom. The molecule has 4 heteroatoms. The molecule has 1 aromatic rings. The van der Waals surface area contributed by atoms with E-state index in [9.17, 15) is 0 Å². The van der Waals surface area contributed by atoms with Crippen LogP contribution >= 0.6 is 38.9 Å². The van der Waals surface area contributed by atoms with Crippen molar-refractivity contribution in [3.8, 4) is 0 Å². The molecule has 1 N–H and O–H groups in total. The van der Waals surface area contributed by atoms with Gasteiger partial charge in [-0.2, -0.15) is 0 Å². The van der Waals surface area contributed by atoms with Crippen LogP contribution < -0.4 is 5.32 Å². The lowest BCUT2D eigenvalue weighted by Gasteiger charge is -2.01. The molecule has 0 amide bonds. The molecule has 0 spiro atoms. The van der Waals surface area contributed by atoms with Gasteiger partial charge in [0.2, 0.25) is 0 Å². The van der Waals surface area contributed by atoms with Gasteiger partial charge in [0.05, 0.1) is 8.81 Å². The minimum Gasteiger partial charge on any atom is -0.317 e. The molecular formula is C12H19BrClNS. The fourth-order valence-electron chi connectivity index (χ4n) is 1.59. The van der Waals surface area contributed by atoms with E-state index in [0.717, 1.165) is 28.3 Å². The van der Waals surface area contributed by atoms with Crippen LogP contribution in [0.4, 0.5) is 0 Å². The van der Waals surface area contributed by atoms with Crippen molar-refractivity contribution in [1.29, 1.82) is 0 Å². The third-order valence-electron chi connectivity index (χ3n) is 2.47. The van der Waals surface area contributed by atoms with Gasteiger partial charge in [0.1, 0.15) is 0 Å². The van der Waals surface area contributed by atoms with Crippen molar-refractivity contribution in [3.05, 3.63) is 19.8 Å². The first-order chi connectivity index (χ1) is 7.74. The molecule has 0 aliphatic rings. The largest absolute Gasteiger partial charge is 0.317 e. The van der Waals surface area contributed by atoms with E-state index in [-0.39, 0.29) is 0 Å². The van der Waals surface area contributed by atoms with Crippen LogP contribution in [0.3, 0.4) is 0 Å². The smallest absolute Gasteiger partial charge is 0.0887 e. The summed E-state index contributed by atoms with van der Waals surface area (Å²) >= 11 is 11.2. The number of nitrogens with one attached hydrogen (secondary N) is 1. The van der Waals surface area contributed by atoms with Crippen LogP contribution in [0.25, 0.3) is 0 Å². The van der Waals surface area contributed by atoms with Crippen molar-refractivity contribution in [3.63, 3.8) is 0 Å². The Labute approximate surface area is 116 Å². The number of halogens is 2. The third kappa shape index (κ3) is 5.67. The molecular weight excluding hydrogens is 306 g/mol. The molecule has 0 aliphatic carbocycles. The number of hydrogen-bond donors (Lipinski definition) is 1. The zero-order valence-corrected chi connectivity index (χ0v) is 12.8. The molecule has 0 atom stereocenters. The summed E-state index contributed by atoms with van der Waals surface area (Å²) in [5, 5.41) is 4.20. The summed E-state index contributed by atoms with van der Waals surface area (Å²) < 4.78 is 1.07.